The summed E-state index contributed by atoms with van der Waals surface area (Å²) in [5.74, 6) is -3.15. The smallest absolute Gasteiger partial charge is 0.260 e. The summed E-state index contributed by atoms with van der Waals surface area (Å²) in [6, 6.07) is 12.6. The van der Waals surface area contributed by atoms with Crippen molar-refractivity contribution in [3.63, 3.8) is 0 Å². The van der Waals surface area contributed by atoms with E-state index < -0.39 is 28.9 Å². The molecule has 3 aromatic carbocycles. The van der Waals surface area contributed by atoms with E-state index in [1.54, 1.807) is 12.1 Å². The highest BCUT2D eigenvalue weighted by atomic mass is 35.5. The number of amides is 1. The van der Waals surface area contributed by atoms with Crippen LogP contribution in [-0.4, -0.2) is 29.3 Å². The summed E-state index contributed by atoms with van der Waals surface area (Å²) in [4.78, 5) is 12.7. The van der Waals surface area contributed by atoms with Crippen molar-refractivity contribution in [3.05, 3.63) is 81.9 Å². The highest BCUT2D eigenvalue weighted by Crippen LogP contribution is 2.43. The lowest BCUT2D eigenvalue weighted by atomic mass is 9.77. The van der Waals surface area contributed by atoms with Gasteiger partial charge in [-0.3, -0.25) is 4.79 Å². The first kappa shape index (κ1) is 22.4. The van der Waals surface area contributed by atoms with E-state index in [4.69, 9.17) is 16.3 Å². The van der Waals surface area contributed by atoms with Crippen LogP contribution in [-0.2, 0) is 4.79 Å². The second kappa shape index (κ2) is 8.42. The third-order valence-electron chi connectivity index (χ3n) is 6.39. The Bertz CT molecular complexity index is 1350. The van der Waals surface area contributed by atoms with Crippen LogP contribution in [0.4, 0.5) is 14.5 Å². The highest BCUT2D eigenvalue weighted by molar-refractivity contribution is 6.38. The van der Waals surface area contributed by atoms with E-state index in [0.717, 1.165) is 36.1 Å². The van der Waals surface area contributed by atoms with Crippen LogP contribution >= 0.6 is 11.6 Å². The Balaban J connectivity index is 1.57. The van der Waals surface area contributed by atoms with Crippen molar-refractivity contribution >= 4 is 34.5 Å². The summed E-state index contributed by atoms with van der Waals surface area (Å²) in [5.41, 5.74) is 2.56. The van der Waals surface area contributed by atoms with Crippen molar-refractivity contribution < 1.29 is 28.5 Å². The molecule has 8 heteroatoms. The molecule has 2 aliphatic rings. The van der Waals surface area contributed by atoms with Gasteiger partial charge in [-0.05, 0) is 48.1 Å². The van der Waals surface area contributed by atoms with E-state index in [2.05, 4.69) is 5.32 Å². The Kier molecular flexibility index (Phi) is 5.54. The standard InChI is InChI=1S/C26H20ClF2NO4/c1-34-23-11-20(28)17(9-21(23)29)25(32)24-18-8-16(19(27)10-22(18)30-26(24)33)13-4-2-12(3-5-13)14-6-15(31)7-14/h2-5,8-11,14-15,31-32H,6-7H2,1H3,(H,30,33)/b25-24-. The molecule has 174 valence electrons. The molecule has 34 heavy (non-hydrogen) atoms. The summed E-state index contributed by atoms with van der Waals surface area (Å²) in [7, 11) is 1.20. The van der Waals surface area contributed by atoms with Crippen LogP contribution in [0.25, 0.3) is 22.5 Å². The first-order chi connectivity index (χ1) is 16.3. The molecule has 5 rings (SSSR count). The number of anilines is 1. The van der Waals surface area contributed by atoms with Crippen LogP contribution in [0, 0.1) is 11.6 Å². The van der Waals surface area contributed by atoms with Gasteiger partial charge in [0.1, 0.15) is 11.6 Å². The van der Waals surface area contributed by atoms with Gasteiger partial charge in [0, 0.05) is 17.2 Å². The maximum Gasteiger partial charge on any atom is 0.260 e. The minimum atomic E-state index is -0.935. The number of carbonyl (C=O) groups is 1. The van der Waals surface area contributed by atoms with Gasteiger partial charge < -0.3 is 20.3 Å². The van der Waals surface area contributed by atoms with Crippen LogP contribution < -0.4 is 10.1 Å². The number of benzene rings is 3. The van der Waals surface area contributed by atoms with Crippen molar-refractivity contribution in [2.45, 2.75) is 24.9 Å². The number of fused-ring (bicyclic) bond motifs is 1. The van der Waals surface area contributed by atoms with Gasteiger partial charge in [0.25, 0.3) is 5.91 Å². The van der Waals surface area contributed by atoms with Gasteiger partial charge in [-0.15, -0.1) is 0 Å². The summed E-state index contributed by atoms with van der Waals surface area (Å²) in [6.45, 7) is 0. The van der Waals surface area contributed by atoms with Gasteiger partial charge in [0.05, 0.1) is 35.1 Å². The number of halogens is 3. The monoisotopic (exact) mass is 483 g/mol. The Labute approximate surface area is 199 Å². The normalized spacial score (nSPS) is 20.4. The van der Waals surface area contributed by atoms with E-state index in [0.29, 0.717) is 27.8 Å². The molecule has 0 aromatic heterocycles. The second-order valence-electron chi connectivity index (χ2n) is 8.47. The van der Waals surface area contributed by atoms with Crippen LogP contribution in [0.2, 0.25) is 5.02 Å². The fourth-order valence-corrected chi connectivity index (χ4v) is 4.72. The molecule has 0 saturated heterocycles. The van der Waals surface area contributed by atoms with Crippen molar-refractivity contribution in [1.82, 2.24) is 0 Å². The number of hydrogen-bond donors (Lipinski definition) is 3. The zero-order valence-electron chi connectivity index (χ0n) is 18.0. The Morgan fingerprint density at radius 2 is 1.76 bits per heavy atom. The van der Waals surface area contributed by atoms with Crippen LogP contribution in [0.1, 0.15) is 35.4 Å². The zero-order chi connectivity index (χ0) is 24.1. The summed E-state index contributed by atoms with van der Waals surface area (Å²) < 4.78 is 33.5. The van der Waals surface area contributed by atoms with E-state index in [1.807, 2.05) is 24.3 Å². The molecule has 1 aliphatic carbocycles. The van der Waals surface area contributed by atoms with Crippen molar-refractivity contribution in [3.8, 4) is 16.9 Å². The average Bonchev–Trinajstić information content (AvgIpc) is 3.11. The molecule has 0 bridgehead atoms. The van der Waals surface area contributed by atoms with Gasteiger partial charge in [-0.25, -0.2) is 8.78 Å². The van der Waals surface area contributed by atoms with E-state index in [-0.39, 0.29) is 17.4 Å². The first-order valence-electron chi connectivity index (χ1n) is 10.7. The third kappa shape index (κ3) is 3.71. The molecule has 1 fully saturated rings. The average molecular weight is 484 g/mol. The number of carbonyl (C=O) groups excluding carboxylic acids is 1. The molecule has 0 radical (unpaired) electrons. The van der Waals surface area contributed by atoms with Crippen molar-refractivity contribution in [1.29, 1.82) is 0 Å². The van der Waals surface area contributed by atoms with Gasteiger partial charge in [-0.2, -0.15) is 0 Å². The minimum absolute atomic E-state index is 0.184. The maximum absolute atomic E-state index is 14.6. The molecule has 1 aliphatic heterocycles. The highest BCUT2D eigenvalue weighted by Gasteiger charge is 2.32. The summed E-state index contributed by atoms with van der Waals surface area (Å²) in [5, 5.41) is 23.3. The van der Waals surface area contributed by atoms with Gasteiger partial charge in [0.15, 0.2) is 11.6 Å². The molecule has 5 nitrogen and oxygen atoms in total. The van der Waals surface area contributed by atoms with Crippen LogP contribution in [0.3, 0.4) is 0 Å². The molecule has 0 spiro atoms. The molecular formula is C26H20ClF2NO4. The van der Waals surface area contributed by atoms with Gasteiger partial charge >= 0.3 is 0 Å². The summed E-state index contributed by atoms with van der Waals surface area (Å²) >= 11 is 6.49. The maximum atomic E-state index is 14.6. The SMILES string of the molecule is COc1cc(F)c(/C(O)=C2/C(=O)Nc3cc(Cl)c(-c4ccc(C5CC(O)C5)cc4)cc32)cc1F. The minimum Gasteiger partial charge on any atom is -0.506 e. The predicted octanol–water partition coefficient (Wildman–Crippen LogP) is 5.91. The first-order valence-corrected chi connectivity index (χ1v) is 11.0. The quantitative estimate of drug-likeness (QED) is 0.318. The van der Waals surface area contributed by atoms with Crippen molar-refractivity contribution in [2.75, 3.05) is 12.4 Å². The largest absolute Gasteiger partial charge is 0.506 e. The number of hydrogen-bond acceptors (Lipinski definition) is 4. The number of rotatable bonds is 4. The lowest BCUT2D eigenvalue weighted by molar-refractivity contribution is -0.110. The molecule has 3 N–H and O–H groups in total. The fraction of sp³-hybridized carbons (Fsp3) is 0.192. The fourth-order valence-electron chi connectivity index (χ4n) is 4.44. The second-order valence-corrected chi connectivity index (χ2v) is 8.87. The molecule has 1 amide bonds. The number of ether oxygens (including phenoxy) is 1. The molecule has 0 atom stereocenters. The Morgan fingerprint density at radius 1 is 1.06 bits per heavy atom. The number of methoxy groups -OCH3 is 1. The van der Waals surface area contributed by atoms with E-state index >= 15 is 0 Å². The molecule has 0 unspecified atom stereocenters. The third-order valence-corrected chi connectivity index (χ3v) is 6.70. The molecule has 3 aromatic rings. The van der Waals surface area contributed by atoms with Gasteiger partial charge in [-0.1, -0.05) is 35.9 Å². The van der Waals surface area contributed by atoms with E-state index in [1.165, 1.54) is 7.11 Å². The topological polar surface area (TPSA) is 78.8 Å². The van der Waals surface area contributed by atoms with Crippen molar-refractivity contribution in [2.24, 2.45) is 0 Å². The lowest BCUT2D eigenvalue weighted by Crippen LogP contribution is -2.26. The number of nitrogens with one attached hydrogen (secondary N) is 1. The Hall–Kier alpha value is -3.42. The molecular weight excluding hydrogens is 464 g/mol. The number of aliphatic hydroxyl groups excluding tert-OH is 2. The lowest BCUT2D eigenvalue weighted by Gasteiger charge is -2.31. The van der Waals surface area contributed by atoms with Crippen LogP contribution in [0.5, 0.6) is 5.75 Å². The Morgan fingerprint density at radius 3 is 2.41 bits per heavy atom. The van der Waals surface area contributed by atoms with E-state index in [9.17, 15) is 23.8 Å². The predicted molar refractivity (Wildman–Crippen MR) is 126 cm³/mol. The molecule has 1 heterocycles. The number of aliphatic hydroxyl groups is 2. The molecule has 1 saturated carbocycles. The summed E-state index contributed by atoms with van der Waals surface area (Å²) in [6.07, 6.45) is 1.23. The van der Waals surface area contributed by atoms with Gasteiger partial charge in [0.2, 0.25) is 0 Å². The van der Waals surface area contributed by atoms with Crippen LogP contribution in [0.15, 0.2) is 48.5 Å². The zero-order valence-corrected chi connectivity index (χ0v) is 18.8.